The van der Waals surface area contributed by atoms with Crippen LogP contribution < -0.4 is 11.1 Å². The normalized spacial score (nSPS) is 11.5. The van der Waals surface area contributed by atoms with Crippen LogP contribution in [-0.2, 0) is 0 Å². The third kappa shape index (κ3) is 2.96. The van der Waals surface area contributed by atoms with E-state index in [1.54, 1.807) is 26.2 Å². The maximum Gasteiger partial charge on any atom is 0.147 e. The van der Waals surface area contributed by atoms with Crippen molar-refractivity contribution in [1.29, 1.82) is 0 Å². The maximum absolute atomic E-state index is 9.73. The molecule has 0 bridgehead atoms. The highest BCUT2D eigenvalue weighted by atomic mass is 32.1. The van der Waals surface area contributed by atoms with Crippen LogP contribution in [0, 0.1) is 0 Å². The smallest absolute Gasteiger partial charge is 0.147 e. The van der Waals surface area contributed by atoms with Crippen LogP contribution in [0.4, 0.5) is 10.8 Å². The van der Waals surface area contributed by atoms with E-state index in [0.29, 0.717) is 12.4 Å². The molecule has 0 fully saturated rings. The van der Waals surface area contributed by atoms with Crippen LogP contribution in [0.5, 0.6) is 0 Å². The molecule has 4 N–H and O–H groups in total. The summed E-state index contributed by atoms with van der Waals surface area (Å²) in [6, 6.07) is 3.77. The number of rotatable bonds is 4. The van der Waals surface area contributed by atoms with Gasteiger partial charge in [0.2, 0.25) is 0 Å². The van der Waals surface area contributed by atoms with E-state index in [1.165, 1.54) is 11.5 Å². The summed E-state index contributed by atoms with van der Waals surface area (Å²) in [6.07, 6.45) is 3.43. The number of nitrogens with zero attached hydrogens (tertiary/aromatic N) is 2. The summed E-state index contributed by atoms with van der Waals surface area (Å²) in [5.74, 6) is 0.490. The molecule has 0 saturated heterocycles. The van der Waals surface area contributed by atoms with E-state index in [9.17, 15) is 5.11 Å². The van der Waals surface area contributed by atoms with Gasteiger partial charge in [0.05, 0.1) is 11.2 Å². The van der Waals surface area contributed by atoms with E-state index in [1.807, 2.05) is 12.1 Å². The zero-order valence-corrected chi connectivity index (χ0v) is 11.2. The fourth-order valence-corrected chi connectivity index (χ4v) is 2.25. The molecule has 96 valence electrons. The standard InChI is InChI=1S/C12H16N4OS/c1-12(2,17)7-15-11-9(10(13)16-18-11)8-3-5-14-6-4-8/h3-6,15,17H,7H2,1-2H3,(H2,13,16). The lowest BCUT2D eigenvalue weighted by Gasteiger charge is -2.18. The molecule has 0 aliphatic heterocycles. The highest BCUT2D eigenvalue weighted by Crippen LogP contribution is 2.36. The Balaban J connectivity index is 2.28. The van der Waals surface area contributed by atoms with E-state index in [2.05, 4.69) is 14.7 Å². The summed E-state index contributed by atoms with van der Waals surface area (Å²) in [6.45, 7) is 3.93. The molecule has 0 atom stereocenters. The van der Waals surface area contributed by atoms with Gasteiger partial charge in [-0.2, -0.15) is 4.37 Å². The van der Waals surface area contributed by atoms with Crippen molar-refractivity contribution >= 4 is 22.4 Å². The lowest BCUT2D eigenvalue weighted by Crippen LogP contribution is -2.29. The second-order valence-corrected chi connectivity index (χ2v) is 5.45. The fourth-order valence-electron chi connectivity index (χ4n) is 1.52. The largest absolute Gasteiger partial charge is 0.389 e. The van der Waals surface area contributed by atoms with Crippen molar-refractivity contribution in [2.75, 3.05) is 17.6 Å². The third-order valence-electron chi connectivity index (χ3n) is 2.37. The summed E-state index contributed by atoms with van der Waals surface area (Å²) in [5, 5.41) is 13.8. The fraction of sp³-hybridized carbons (Fsp3) is 0.333. The molecule has 0 amide bonds. The summed E-state index contributed by atoms with van der Waals surface area (Å²) < 4.78 is 4.15. The zero-order valence-electron chi connectivity index (χ0n) is 10.3. The number of anilines is 2. The molecule has 0 unspecified atom stereocenters. The Bertz CT molecular complexity index is 519. The first kappa shape index (κ1) is 12.8. The van der Waals surface area contributed by atoms with Crippen LogP contribution in [0.3, 0.4) is 0 Å². The predicted octanol–water partition coefficient (Wildman–Crippen LogP) is 1.97. The van der Waals surface area contributed by atoms with Crippen LogP contribution >= 0.6 is 11.5 Å². The second kappa shape index (κ2) is 4.91. The molecule has 0 aliphatic carbocycles. The number of nitrogens with one attached hydrogen (secondary N) is 1. The number of pyridine rings is 1. The quantitative estimate of drug-likeness (QED) is 0.786. The lowest BCUT2D eigenvalue weighted by atomic mass is 10.1. The average molecular weight is 264 g/mol. The number of hydrogen-bond acceptors (Lipinski definition) is 6. The predicted molar refractivity (Wildman–Crippen MR) is 74.5 cm³/mol. The van der Waals surface area contributed by atoms with Crippen LogP contribution in [0.2, 0.25) is 0 Å². The van der Waals surface area contributed by atoms with Crippen molar-refractivity contribution in [3.05, 3.63) is 24.5 Å². The van der Waals surface area contributed by atoms with Crippen molar-refractivity contribution in [1.82, 2.24) is 9.36 Å². The number of aliphatic hydroxyl groups is 1. The minimum atomic E-state index is -0.783. The number of nitrogen functional groups attached to an aromatic ring is 1. The van der Waals surface area contributed by atoms with Gasteiger partial charge in [-0.25, -0.2) is 0 Å². The van der Waals surface area contributed by atoms with Gasteiger partial charge in [0, 0.05) is 18.9 Å². The van der Waals surface area contributed by atoms with Gasteiger partial charge >= 0.3 is 0 Å². The van der Waals surface area contributed by atoms with Crippen LogP contribution in [-0.4, -0.2) is 26.6 Å². The second-order valence-electron chi connectivity index (χ2n) is 4.67. The molecule has 6 heteroatoms. The van der Waals surface area contributed by atoms with E-state index in [4.69, 9.17) is 5.73 Å². The molecule has 0 aliphatic rings. The molecule has 2 heterocycles. The highest BCUT2D eigenvalue weighted by molar-refractivity contribution is 7.11. The Kier molecular flexibility index (Phi) is 3.49. The third-order valence-corrected chi connectivity index (χ3v) is 3.19. The molecule has 18 heavy (non-hydrogen) atoms. The minimum absolute atomic E-state index is 0.437. The van der Waals surface area contributed by atoms with Crippen LogP contribution in [0.1, 0.15) is 13.8 Å². The number of hydrogen-bond donors (Lipinski definition) is 3. The summed E-state index contributed by atoms with van der Waals surface area (Å²) in [7, 11) is 0. The van der Waals surface area contributed by atoms with Gasteiger partial charge in [0.1, 0.15) is 10.8 Å². The van der Waals surface area contributed by atoms with Gasteiger partial charge in [-0.15, -0.1) is 0 Å². The SMILES string of the molecule is CC(C)(O)CNc1snc(N)c1-c1ccncc1. The van der Waals surface area contributed by atoms with Crippen molar-refractivity contribution < 1.29 is 5.11 Å². The molecule has 2 aromatic rings. The number of nitrogens with two attached hydrogens (primary N) is 1. The molecule has 0 aromatic carbocycles. The summed E-state index contributed by atoms with van der Waals surface area (Å²) in [5.41, 5.74) is 6.94. The molecule has 0 radical (unpaired) electrons. The van der Waals surface area contributed by atoms with E-state index < -0.39 is 5.60 Å². The minimum Gasteiger partial charge on any atom is -0.389 e. The molecule has 5 nitrogen and oxygen atoms in total. The van der Waals surface area contributed by atoms with Gasteiger partial charge < -0.3 is 16.2 Å². The monoisotopic (exact) mass is 264 g/mol. The maximum atomic E-state index is 9.73. The molecule has 0 saturated carbocycles. The molecule has 2 rings (SSSR count). The van der Waals surface area contributed by atoms with Gasteiger partial charge in [-0.3, -0.25) is 4.98 Å². The topological polar surface area (TPSA) is 84.1 Å². The number of aromatic nitrogens is 2. The van der Waals surface area contributed by atoms with Crippen molar-refractivity contribution in [3.8, 4) is 11.1 Å². The van der Waals surface area contributed by atoms with E-state index >= 15 is 0 Å². The van der Waals surface area contributed by atoms with E-state index in [-0.39, 0.29) is 0 Å². The van der Waals surface area contributed by atoms with Crippen molar-refractivity contribution in [2.45, 2.75) is 19.4 Å². The van der Waals surface area contributed by atoms with Crippen LogP contribution in [0.25, 0.3) is 11.1 Å². The van der Waals surface area contributed by atoms with Gasteiger partial charge in [0.25, 0.3) is 0 Å². The molecule has 0 spiro atoms. The molecular weight excluding hydrogens is 248 g/mol. The summed E-state index contributed by atoms with van der Waals surface area (Å²) >= 11 is 1.29. The van der Waals surface area contributed by atoms with Crippen LogP contribution in [0.15, 0.2) is 24.5 Å². The Morgan fingerprint density at radius 2 is 2.06 bits per heavy atom. The van der Waals surface area contributed by atoms with Crippen molar-refractivity contribution in [2.24, 2.45) is 0 Å². The Hall–Kier alpha value is -1.66. The van der Waals surface area contributed by atoms with Gasteiger partial charge in [-0.1, -0.05) is 0 Å². The molecular formula is C12H16N4OS. The summed E-state index contributed by atoms with van der Waals surface area (Å²) in [4.78, 5) is 3.98. The Morgan fingerprint density at radius 3 is 2.67 bits per heavy atom. The first-order chi connectivity index (χ1) is 8.47. The lowest BCUT2D eigenvalue weighted by molar-refractivity contribution is 0.0946. The average Bonchev–Trinajstić information content (AvgIpc) is 2.68. The zero-order chi connectivity index (χ0) is 13.2. The molecule has 2 aromatic heterocycles. The van der Waals surface area contributed by atoms with Gasteiger partial charge in [0.15, 0.2) is 0 Å². The first-order valence-corrected chi connectivity index (χ1v) is 6.36. The first-order valence-electron chi connectivity index (χ1n) is 5.59. The van der Waals surface area contributed by atoms with Crippen molar-refractivity contribution in [3.63, 3.8) is 0 Å². The Labute approximate surface area is 110 Å². The van der Waals surface area contributed by atoms with E-state index in [0.717, 1.165) is 16.1 Å². The Morgan fingerprint density at radius 1 is 1.39 bits per heavy atom. The van der Waals surface area contributed by atoms with Gasteiger partial charge in [-0.05, 0) is 43.1 Å². The highest BCUT2D eigenvalue weighted by Gasteiger charge is 2.17.